The van der Waals surface area contributed by atoms with E-state index in [9.17, 15) is 4.79 Å². The van der Waals surface area contributed by atoms with Crippen LogP contribution in [0, 0.1) is 0 Å². The van der Waals surface area contributed by atoms with Crippen molar-refractivity contribution in [3.63, 3.8) is 0 Å². The van der Waals surface area contributed by atoms with Gasteiger partial charge in [0.2, 0.25) is 0 Å². The van der Waals surface area contributed by atoms with Gasteiger partial charge < -0.3 is 15.4 Å². The lowest BCUT2D eigenvalue weighted by molar-refractivity contribution is 0.102. The molecule has 0 bridgehead atoms. The monoisotopic (exact) mass is 410 g/mol. The molecule has 0 aliphatic carbocycles. The Bertz CT molecular complexity index is 1140. The highest BCUT2D eigenvalue weighted by Gasteiger charge is 2.07. The first-order valence-electron chi connectivity index (χ1n) is 10.0. The summed E-state index contributed by atoms with van der Waals surface area (Å²) in [6.45, 7) is 2.54. The van der Waals surface area contributed by atoms with E-state index in [0.29, 0.717) is 29.5 Å². The molecular formula is C25H22N4O2. The number of carbonyl (C=O) groups excluding carboxylic acids is 1. The summed E-state index contributed by atoms with van der Waals surface area (Å²) in [7, 11) is 0. The normalized spacial score (nSPS) is 10.4. The standard InChI is InChI=1S/C25H22N4O2/c1-2-31-22-14-12-21(13-15-22)28-25(30)19-8-10-20(11-9-19)27-23-16-17-26-24(29-23)18-6-4-3-5-7-18/h3-17H,2H2,1H3,(H,28,30)(H,26,27,29). The Labute approximate surface area is 181 Å². The number of anilines is 3. The second-order valence-electron chi connectivity index (χ2n) is 6.75. The number of carbonyl (C=O) groups is 1. The summed E-state index contributed by atoms with van der Waals surface area (Å²) in [4.78, 5) is 21.4. The number of ether oxygens (including phenoxy) is 1. The quantitative estimate of drug-likeness (QED) is 0.418. The molecule has 1 aromatic heterocycles. The van der Waals surface area contributed by atoms with Crippen molar-refractivity contribution in [2.75, 3.05) is 17.2 Å². The maximum atomic E-state index is 12.5. The van der Waals surface area contributed by atoms with Crippen molar-refractivity contribution in [1.82, 2.24) is 9.97 Å². The molecule has 1 amide bonds. The van der Waals surface area contributed by atoms with E-state index >= 15 is 0 Å². The van der Waals surface area contributed by atoms with Crippen molar-refractivity contribution < 1.29 is 9.53 Å². The zero-order chi connectivity index (χ0) is 21.5. The third-order valence-corrected chi connectivity index (χ3v) is 4.53. The predicted octanol–water partition coefficient (Wildman–Crippen LogP) is 5.54. The van der Waals surface area contributed by atoms with Crippen molar-refractivity contribution in [3.8, 4) is 17.1 Å². The summed E-state index contributed by atoms with van der Waals surface area (Å²) in [5, 5.41) is 6.14. The molecule has 4 rings (SSSR count). The summed E-state index contributed by atoms with van der Waals surface area (Å²) >= 11 is 0. The van der Waals surface area contributed by atoms with E-state index in [4.69, 9.17) is 4.74 Å². The Hall–Kier alpha value is -4.19. The zero-order valence-corrected chi connectivity index (χ0v) is 17.1. The minimum absolute atomic E-state index is 0.177. The Morgan fingerprint density at radius 2 is 1.58 bits per heavy atom. The molecular weight excluding hydrogens is 388 g/mol. The lowest BCUT2D eigenvalue weighted by atomic mass is 10.2. The third kappa shape index (κ3) is 5.25. The minimum atomic E-state index is -0.177. The maximum Gasteiger partial charge on any atom is 0.255 e. The highest BCUT2D eigenvalue weighted by Crippen LogP contribution is 2.20. The van der Waals surface area contributed by atoms with Gasteiger partial charge in [0.15, 0.2) is 5.82 Å². The van der Waals surface area contributed by atoms with Gasteiger partial charge in [-0.25, -0.2) is 9.97 Å². The van der Waals surface area contributed by atoms with Gasteiger partial charge in [0.1, 0.15) is 11.6 Å². The fraction of sp³-hybridized carbons (Fsp3) is 0.0800. The molecule has 0 aliphatic rings. The molecule has 31 heavy (non-hydrogen) atoms. The van der Waals surface area contributed by atoms with Gasteiger partial charge >= 0.3 is 0 Å². The van der Waals surface area contributed by atoms with Crippen LogP contribution < -0.4 is 15.4 Å². The number of benzene rings is 3. The fourth-order valence-electron chi connectivity index (χ4n) is 3.01. The van der Waals surface area contributed by atoms with E-state index in [1.54, 1.807) is 24.4 Å². The predicted molar refractivity (Wildman–Crippen MR) is 123 cm³/mol. The Morgan fingerprint density at radius 1 is 0.871 bits per heavy atom. The van der Waals surface area contributed by atoms with Crippen LogP contribution in [-0.4, -0.2) is 22.5 Å². The Balaban J connectivity index is 1.41. The molecule has 0 unspecified atom stereocenters. The van der Waals surface area contributed by atoms with E-state index in [0.717, 1.165) is 17.0 Å². The maximum absolute atomic E-state index is 12.5. The second kappa shape index (κ2) is 9.54. The first kappa shape index (κ1) is 20.1. The molecule has 6 heteroatoms. The van der Waals surface area contributed by atoms with Crippen LogP contribution in [0.4, 0.5) is 17.2 Å². The zero-order valence-electron chi connectivity index (χ0n) is 17.1. The van der Waals surface area contributed by atoms with Gasteiger partial charge in [-0.15, -0.1) is 0 Å². The third-order valence-electron chi connectivity index (χ3n) is 4.53. The van der Waals surface area contributed by atoms with Crippen LogP contribution in [0.15, 0.2) is 91.1 Å². The first-order chi connectivity index (χ1) is 15.2. The van der Waals surface area contributed by atoms with Crippen molar-refractivity contribution >= 4 is 23.1 Å². The fourth-order valence-corrected chi connectivity index (χ4v) is 3.01. The molecule has 0 saturated heterocycles. The van der Waals surface area contributed by atoms with E-state index in [-0.39, 0.29) is 5.91 Å². The molecule has 0 fully saturated rings. The van der Waals surface area contributed by atoms with Crippen molar-refractivity contribution in [1.29, 1.82) is 0 Å². The molecule has 0 spiro atoms. The molecule has 0 aliphatic heterocycles. The molecule has 154 valence electrons. The van der Waals surface area contributed by atoms with Crippen LogP contribution in [0.3, 0.4) is 0 Å². The largest absolute Gasteiger partial charge is 0.494 e. The molecule has 1 heterocycles. The van der Waals surface area contributed by atoms with Gasteiger partial charge in [-0.3, -0.25) is 4.79 Å². The van der Waals surface area contributed by atoms with Crippen LogP contribution in [0.1, 0.15) is 17.3 Å². The summed E-state index contributed by atoms with van der Waals surface area (Å²) in [6, 6.07) is 26.1. The Kier molecular flexibility index (Phi) is 6.18. The number of rotatable bonds is 7. The number of amides is 1. The second-order valence-corrected chi connectivity index (χ2v) is 6.75. The lowest BCUT2D eigenvalue weighted by Crippen LogP contribution is -2.11. The van der Waals surface area contributed by atoms with Crippen molar-refractivity contribution in [2.45, 2.75) is 6.92 Å². The smallest absolute Gasteiger partial charge is 0.255 e. The number of hydrogen-bond acceptors (Lipinski definition) is 5. The summed E-state index contributed by atoms with van der Waals surface area (Å²) in [5.41, 5.74) is 3.06. The van der Waals surface area contributed by atoms with E-state index in [1.165, 1.54) is 0 Å². The summed E-state index contributed by atoms with van der Waals surface area (Å²) < 4.78 is 5.42. The van der Waals surface area contributed by atoms with Gasteiger partial charge in [0.05, 0.1) is 6.61 Å². The number of nitrogens with one attached hydrogen (secondary N) is 2. The number of aromatic nitrogens is 2. The molecule has 0 radical (unpaired) electrons. The molecule has 3 aromatic carbocycles. The van der Waals surface area contributed by atoms with Crippen molar-refractivity contribution in [3.05, 3.63) is 96.7 Å². The molecule has 4 aromatic rings. The summed E-state index contributed by atoms with van der Waals surface area (Å²) in [5.74, 6) is 1.93. The van der Waals surface area contributed by atoms with Crippen molar-refractivity contribution in [2.24, 2.45) is 0 Å². The van der Waals surface area contributed by atoms with Gasteiger partial charge in [0, 0.05) is 28.7 Å². The van der Waals surface area contributed by atoms with Gasteiger partial charge in [-0.2, -0.15) is 0 Å². The van der Waals surface area contributed by atoms with Gasteiger partial charge in [0.25, 0.3) is 5.91 Å². The van der Waals surface area contributed by atoms with Crippen LogP contribution in [0.25, 0.3) is 11.4 Å². The SMILES string of the molecule is CCOc1ccc(NC(=O)c2ccc(Nc3ccnc(-c4ccccc4)n3)cc2)cc1. The average molecular weight is 410 g/mol. The first-order valence-corrected chi connectivity index (χ1v) is 10.0. The minimum Gasteiger partial charge on any atom is -0.494 e. The Morgan fingerprint density at radius 3 is 2.29 bits per heavy atom. The highest BCUT2D eigenvalue weighted by atomic mass is 16.5. The number of hydrogen-bond donors (Lipinski definition) is 2. The summed E-state index contributed by atoms with van der Waals surface area (Å²) in [6.07, 6.45) is 1.72. The van der Waals surface area contributed by atoms with Crippen LogP contribution in [-0.2, 0) is 0 Å². The van der Waals surface area contributed by atoms with Crippen LogP contribution >= 0.6 is 0 Å². The van der Waals surface area contributed by atoms with E-state index < -0.39 is 0 Å². The van der Waals surface area contributed by atoms with Crippen LogP contribution in [0.2, 0.25) is 0 Å². The topological polar surface area (TPSA) is 76.1 Å². The van der Waals surface area contributed by atoms with E-state index in [1.807, 2.05) is 73.7 Å². The average Bonchev–Trinajstić information content (AvgIpc) is 2.82. The van der Waals surface area contributed by atoms with Crippen LogP contribution in [0.5, 0.6) is 5.75 Å². The number of nitrogens with zero attached hydrogens (tertiary/aromatic N) is 2. The highest BCUT2D eigenvalue weighted by molar-refractivity contribution is 6.04. The molecule has 0 saturated carbocycles. The van der Waals surface area contributed by atoms with E-state index in [2.05, 4.69) is 20.6 Å². The van der Waals surface area contributed by atoms with Gasteiger partial charge in [-0.1, -0.05) is 30.3 Å². The lowest BCUT2D eigenvalue weighted by Gasteiger charge is -2.09. The molecule has 6 nitrogen and oxygen atoms in total. The van der Waals surface area contributed by atoms with Gasteiger partial charge in [-0.05, 0) is 61.5 Å². The molecule has 2 N–H and O–H groups in total. The molecule has 0 atom stereocenters.